The number of nitrogens with zero attached hydrogens (tertiary/aromatic N) is 22. The molecule has 25 nitrogen and oxygen atoms in total. The molecule has 4 aliphatic heterocycles. The van der Waals surface area contributed by atoms with Crippen LogP contribution < -0.4 is 4.90 Å². The molecule has 1 spiro atoms. The number of aryl methyl sites for hydroxylation is 3. The van der Waals surface area contributed by atoms with Gasteiger partial charge in [0.25, 0.3) is 17.7 Å². The number of anilines is 1. The Morgan fingerprint density at radius 2 is 0.810 bits per heavy atom. The third kappa shape index (κ3) is 12.3. The van der Waals surface area contributed by atoms with E-state index in [-0.39, 0.29) is 35.0 Å². The van der Waals surface area contributed by atoms with E-state index in [0.29, 0.717) is 42.9 Å². The molecule has 0 saturated carbocycles. The van der Waals surface area contributed by atoms with Crippen LogP contribution in [0.5, 0.6) is 0 Å². The van der Waals surface area contributed by atoms with Crippen LogP contribution in [0.1, 0.15) is 65.6 Å². The lowest BCUT2D eigenvalue weighted by Gasteiger charge is -2.54. The van der Waals surface area contributed by atoms with Crippen LogP contribution in [0, 0.1) is 76.4 Å². The van der Waals surface area contributed by atoms with Crippen molar-refractivity contribution in [2.45, 2.75) is 37.5 Å². The molecule has 16 rings (SSSR count). The first kappa shape index (κ1) is 63.9. The molecule has 490 valence electrons. The Morgan fingerprint density at radius 1 is 0.430 bits per heavy atom. The third-order valence-corrected chi connectivity index (χ3v) is 19.2. The zero-order chi connectivity index (χ0) is 69.3. The Kier molecular flexibility index (Phi) is 17.0. The lowest BCUT2D eigenvalue weighted by atomic mass is 9.72. The quantitative estimate of drug-likeness (QED) is 0.124. The van der Waals surface area contributed by atoms with Gasteiger partial charge in [-0.3, -0.25) is 38.4 Å². The number of rotatable bonds is 9. The van der Waals surface area contributed by atoms with Gasteiger partial charge >= 0.3 is 0 Å². The monoisotopic (exact) mass is 1320 g/mol. The largest absolute Gasteiger partial charge is 0.355 e. The normalized spacial score (nSPS) is 14.8. The fourth-order valence-corrected chi connectivity index (χ4v) is 13.7. The van der Waals surface area contributed by atoms with Crippen LogP contribution in [-0.2, 0) is 35.5 Å². The second-order valence-electron chi connectivity index (χ2n) is 25.4. The van der Waals surface area contributed by atoms with E-state index in [0.717, 1.165) is 152 Å². The summed E-state index contributed by atoms with van der Waals surface area (Å²) in [4.78, 5) is 56.6. The van der Waals surface area contributed by atoms with E-state index in [4.69, 9.17) is 29.2 Å². The Morgan fingerprint density at radius 3 is 1.16 bits per heavy atom. The van der Waals surface area contributed by atoms with Crippen molar-refractivity contribution >= 4 is 40.1 Å². The first-order chi connectivity index (χ1) is 48.6. The number of carbonyl (C=O) groups is 3. The van der Waals surface area contributed by atoms with Crippen LogP contribution in [0.25, 0.3) is 83.3 Å². The molecule has 0 aliphatic carbocycles. The highest BCUT2D eigenvalue weighted by Crippen LogP contribution is 2.43. The molecule has 0 bridgehead atoms. The minimum atomic E-state index is -0.285. The van der Waals surface area contributed by atoms with Gasteiger partial charge in [0.05, 0.1) is 70.4 Å². The topological polar surface area (TPSA) is 280 Å². The van der Waals surface area contributed by atoms with Crippen molar-refractivity contribution in [2.75, 3.05) is 57.3 Å². The minimum absolute atomic E-state index is 0.178. The summed E-state index contributed by atoms with van der Waals surface area (Å²) < 4.78 is 10.5. The van der Waals surface area contributed by atoms with Gasteiger partial charge in [-0.15, -0.1) is 19.3 Å². The van der Waals surface area contributed by atoms with Crippen molar-refractivity contribution in [3.63, 3.8) is 0 Å². The molecule has 16 heterocycles. The zero-order valence-electron chi connectivity index (χ0n) is 54.8. The average Bonchev–Trinajstić information content (AvgIpc) is 1.02. The standard InChI is InChI=1S/C27H24N8O.C25H21N7O.C23H17N7O/c1-3-25(36)33-8-6-27(7-9-33)17-34(18-27)24-5-4-19(12-29-24)23-10-20(22-14-30-32(2)15-22)16-35-26(23)21(11-28)13-31-35;1-3-24(33)31-8-6-17(7-9-31)23-5-4-18(12-27-23)22-10-19(21-14-28-30(2)15-21)16-32-25(22)20(11-26)13-29-32;1-3-22(31)29-12-19(13-29)21-5-4-15(8-25-21)20-6-16(18-10-26-28(2)11-18)14-30-23(20)17(7-24)9-27-30/h1,4-5,10,12-16H,6-9,17-18H2,2H3;1,4-5,10,12-17H,6-9H2,2H3;1,4-6,8-11,14,19H,12-13H2,2H3. The molecule has 12 aromatic rings. The zero-order valence-corrected chi connectivity index (χ0v) is 54.8. The number of terminal acetylenes is 3. The molecule has 100 heavy (non-hydrogen) atoms. The number of nitriles is 3. The van der Waals surface area contributed by atoms with E-state index in [1.54, 1.807) is 79.5 Å². The van der Waals surface area contributed by atoms with Gasteiger partial charge < -0.3 is 19.6 Å². The lowest BCUT2D eigenvalue weighted by Crippen LogP contribution is -2.61. The summed E-state index contributed by atoms with van der Waals surface area (Å²) in [7, 11) is 5.62. The Bertz CT molecular complexity index is 5440. The number of hydrogen-bond acceptors (Lipinski definition) is 16. The van der Waals surface area contributed by atoms with Crippen LogP contribution in [0.15, 0.2) is 148 Å². The first-order valence-electron chi connectivity index (χ1n) is 32.2. The molecular weight excluding hydrogens is 1260 g/mol. The second-order valence-corrected chi connectivity index (χ2v) is 25.4. The number of carbonyl (C=O) groups excluding carboxylic acids is 3. The van der Waals surface area contributed by atoms with E-state index in [9.17, 15) is 30.2 Å². The SMILES string of the molecule is C#CC(=O)N1CC(c2ccc(-c3cc(-c4cnn(C)c4)cn4ncc(C#N)c34)cn2)C1.C#CC(=O)N1CCC(c2ccc(-c3cc(-c4cnn(C)c4)cn4ncc(C#N)c34)cn2)CC1.C#CC(=O)N1CCC2(CC1)CN(c1ccc(-c3cc(-c4cnn(C)c4)cn4ncc(C#N)c34)cn1)C2. The number of amides is 3. The Labute approximate surface area is 574 Å². The van der Waals surface area contributed by atoms with E-state index in [1.807, 2.05) is 113 Å². The predicted octanol–water partition coefficient (Wildman–Crippen LogP) is 7.97. The van der Waals surface area contributed by atoms with E-state index in [1.165, 1.54) is 0 Å². The molecule has 25 heteroatoms. The Hall–Kier alpha value is -13.5. The van der Waals surface area contributed by atoms with Crippen LogP contribution in [-0.4, -0.2) is 158 Å². The summed E-state index contributed by atoms with van der Waals surface area (Å²) >= 11 is 0. The number of likely N-dealkylation sites (tertiary alicyclic amines) is 3. The predicted molar refractivity (Wildman–Crippen MR) is 371 cm³/mol. The van der Waals surface area contributed by atoms with Crippen LogP contribution in [0.2, 0.25) is 0 Å². The lowest BCUT2D eigenvalue weighted by molar-refractivity contribution is -0.129. The van der Waals surface area contributed by atoms with Crippen LogP contribution in [0.4, 0.5) is 5.82 Å². The fourth-order valence-electron chi connectivity index (χ4n) is 13.7. The number of pyridine rings is 6. The summed E-state index contributed by atoms with van der Waals surface area (Å²) in [5, 5.41) is 54.8. The van der Waals surface area contributed by atoms with Gasteiger partial charge in [-0.05, 0) is 85.9 Å². The highest BCUT2D eigenvalue weighted by atomic mass is 16.2. The van der Waals surface area contributed by atoms with Gasteiger partial charge in [0, 0.05) is 225 Å². The summed E-state index contributed by atoms with van der Waals surface area (Å²) in [6.07, 6.45) is 46.5. The molecule has 0 aromatic carbocycles. The van der Waals surface area contributed by atoms with E-state index >= 15 is 0 Å². The smallest absolute Gasteiger partial charge is 0.298 e. The molecular formula is C75H62N22O3. The third-order valence-electron chi connectivity index (χ3n) is 19.2. The highest BCUT2D eigenvalue weighted by molar-refractivity contribution is 5.95. The number of aromatic nitrogens is 15. The maximum Gasteiger partial charge on any atom is 0.298 e. The van der Waals surface area contributed by atoms with Gasteiger partial charge in [-0.2, -0.15) is 46.4 Å². The van der Waals surface area contributed by atoms with Crippen molar-refractivity contribution in [2.24, 2.45) is 26.6 Å². The first-order valence-corrected chi connectivity index (χ1v) is 32.2. The van der Waals surface area contributed by atoms with Crippen LogP contribution >= 0.6 is 0 Å². The van der Waals surface area contributed by atoms with Crippen molar-refractivity contribution < 1.29 is 14.4 Å². The molecule has 0 N–H and O–H groups in total. The molecule has 0 radical (unpaired) electrons. The summed E-state index contributed by atoms with van der Waals surface area (Å²) in [6.45, 7) is 5.75. The van der Waals surface area contributed by atoms with Crippen LogP contribution in [0.3, 0.4) is 0 Å². The van der Waals surface area contributed by atoms with Gasteiger partial charge in [0.2, 0.25) is 0 Å². The van der Waals surface area contributed by atoms with Crippen molar-refractivity contribution in [3.05, 3.63) is 176 Å². The van der Waals surface area contributed by atoms with Gasteiger partial charge in [0.15, 0.2) is 0 Å². The van der Waals surface area contributed by atoms with E-state index in [2.05, 4.69) is 94.6 Å². The maximum atomic E-state index is 11.8. The van der Waals surface area contributed by atoms with Crippen molar-refractivity contribution in [1.82, 2.24) is 87.8 Å². The molecule has 4 fully saturated rings. The number of hydrogen-bond donors (Lipinski definition) is 0. The summed E-state index contributed by atoms with van der Waals surface area (Å²) in [5.41, 5.74) is 17.0. The maximum absolute atomic E-state index is 11.8. The van der Waals surface area contributed by atoms with Crippen molar-refractivity contribution in [1.29, 1.82) is 15.8 Å². The minimum Gasteiger partial charge on any atom is -0.355 e. The Balaban J connectivity index is 0.000000128. The second kappa shape index (κ2) is 26.6. The highest BCUT2D eigenvalue weighted by Gasteiger charge is 2.46. The average molecular weight is 1320 g/mol. The van der Waals surface area contributed by atoms with Gasteiger partial charge in [-0.25, -0.2) is 18.5 Å². The van der Waals surface area contributed by atoms with Crippen molar-refractivity contribution in [3.8, 4) is 122 Å². The molecule has 4 aliphatic rings. The number of piperidine rings is 2. The number of fused-ring (bicyclic) bond motifs is 3. The summed E-state index contributed by atoms with van der Waals surface area (Å²) in [5.74, 6) is 7.20. The molecule has 0 atom stereocenters. The molecule has 0 unspecified atom stereocenters. The van der Waals surface area contributed by atoms with E-state index < -0.39 is 0 Å². The fraction of sp³-hybridized carbons (Fsp3) is 0.240. The molecule has 3 amide bonds. The summed E-state index contributed by atoms with van der Waals surface area (Å²) in [6, 6.07) is 25.0. The molecule has 4 saturated heterocycles. The van der Waals surface area contributed by atoms with Gasteiger partial charge in [-0.1, -0.05) is 12.1 Å². The molecule has 12 aromatic heterocycles. The van der Waals surface area contributed by atoms with Gasteiger partial charge in [0.1, 0.15) is 24.0 Å².